The first kappa shape index (κ1) is 9.44. The topological polar surface area (TPSA) is 81.9 Å². The van der Waals surface area contributed by atoms with Crippen molar-refractivity contribution in [1.82, 2.24) is 4.98 Å². The van der Waals surface area contributed by atoms with Crippen molar-refractivity contribution in [3.05, 3.63) is 40.3 Å². The van der Waals surface area contributed by atoms with Crippen LogP contribution in [0.15, 0.2) is 23.4 Å². The van der Waals surface area contributed by atoms with E-state index in [1.807, 2.05) is 0 Å². The first-order valence-electron chi connectivity index (χ1n) is 3.54. The molecule has 0 radical (unpaired) electrons. The summed E-state index contributed by atoms with van der Waals surface area (Å²) < 4.78 is 12.6. The predicted molar refractivity (Wildman–Crippen MR) is 43.2 cm³/mol. The summed E-state index contributed by atoms with van der Waals surface area (Å²) in [7, 11) is 0. The van der Waals surface area contributed by atoms with Crippen LogP contribution in [0.1, 0.15) is 11.7 Å². The van der Waals surface area contributed by atoms with Crippen molar-refractivity contribution in [3.63, 3.8) is 0 Å². The van der Waals surface area contributed by atoms with Crippen molar-refractivity contribution in [2.24, 2.45) is 5.11 Å². The van der Waals surface area contributed by atoms with E-state index >= 15 is 0 Å². The van der Waals surface area contributed by atoms with Gasteiger partial charge in [0, 0.05) is 11.1 Å². The summed E-state index contributed by atoms with van der Waals surface area (Å²) in [5.41, 5.74) is 8.35. The molecule has 0 saturated heterocycles. The van der Waals surface area contributed by atoms with Crippen LogP contribution in [0.4, 0.5) is 4.39 Å². The van der Waals surface area contributed by atoms with Crippen molar-refractivity contribution in [2.45, 2.75) is 6.04 Å². The Labute approximate surface area is 73.5 Å². The Morgan fingerprint density at radius 2 is 2.54 bits per heavy atom. The van der Waals surface area contributed by atoms with E-state index in [1.165, 1.54) is 12.3 Å². The van der Waals surface area contributed by atoms with Gasteiger partial charge in [0.2, 0.25) is 0 Å². The van der Waals surface area contributed by atoms with Crippen LogP contribution in [0.2, 0.25) is 0 Å². The summed E-state index contributed by atoms with van der Waals surface area (Å²) in [5, 5.41) is 12.0. The zero-order valence-electron chi connectivity index (χ0n) is 6.63. The molecule has 0 aliphatic rings. The van der Waals surface area contributed by atoms with E-state index in [1.54, 1.807) is 0 Å². The number of aliphatic hydroxyl groups is 1. The largest absolute Gasteiger partial charge is 0.396 e. The second-order valence-corrected chi connectivity index (χ2v) is 2.30. The maximum Gasteiger partial charge on any atom is 0.126 e. The van der Waals surface area contributed by atoms with Crippen LogP contribution in [0.5, 0.6) is 0 Å². The minimum absolute atomic E-state index is 0.223. The van der Waals surface area contributed by atoms with Gasteiger partial charge in [0.15, 0.2) is 0 Å². The minimum atomic E-state index is -0.819. The fourth-order valence-electron chi connectivity index (χ4n) is 0.855. The number of azide groups is 1. The third-order valence-corrected chi connectivity index (χ3v) is 1.45. The highest BCUT2D eigenvalue weighted by Crippen LogP contribution is 2.14. The second kappa shape index (κ2) is 4.39. The smallest absolute Gasteiger partial charge is 0.126 e. The van der Waals surface area contributed by atoms with Gasteiger partial charge in [-0.15, -0.1) is 0 Å². The fraction of sp³-hybridized carbons (Fsp3) is 0.286. The molecule has 0 fully saturated rings. The van der Waals surface area contributed by atoms with Crippen LogP contribution < -0.4 is 0 Å². The summed E-state index contributed by atoms with van der Waals surface area (Å²) in [6.07, 6.45) is 1.25. The van der Waals surface area contributed by atoms with Gasteiger partial charge in [-0.05, 0) is 17.7 Å². The Kier molecular flexibility index (Phi) is 3.19. The molecule has 68 valence electrons. The molecule has 0 aliphatic heterocycles. The molecule has 5 nitrogen and oxygen atoms in total. The molecule has 1 aromatic rings. The van der Waals surface area contributed by atoms with Crippen molar-refractivity contribution < 1.29 is 9.50 Å². The quantitative estimate of drug-likeness (QED) is 0.437. The van der Waals surface area contributed by atoms with E-state index in [4.69, 9.17) is 10.6 Å². The van der Waals surface area contributed by atoms with Gasteiger partial charge < -0.3 is 5.11 Å². The number of nitrogens with zero attached hydrogens (tertiary/aromatic N) is 4. The molecule has 1 N–H and O–H groups in total. The number of rotatable bonds is 3. The Hall–Kier alpha value is -1.65. The van der Waals surface area contributed by atoms with Gasteiger partial charge >= 0.3 is 0 Å². The molecule has 1 unspecified atom stereocenters. The lowest BCUT2D eigenvalue weighted by Gasteiger charge is -2.05. The van der Waals surface area contributed by atoms with E-state index in [0.29, 0.717) is 0 Å². The van der Waals surface area contributed by atoms with E-state index in [2.05, 4.69) is 15.0 Å². The zero-order chi connectivity index (χ0) is 9.68. The third-order valence-electron chi connectivity index (χ3n) is 1.45. The molecular formula is C7H7FN4O. The van der Waals surface area contributed by atoms with E-state index in [0.717, 1.165) is 6.07 Å². The average Bonchev–Trinajstić information content (AvgIpc) is 2.14. The molecule has 0 bridgehead atoms. The van der Waals surface area contributed by atoms with Crippen LogP contribution >= 0.6 is 0 Å². The van der Waals surface area contributed by atoms with Crippen molar-refractivity contribution in [2.75, 3.05) is 6.61 Å². The Morgan fingerprint density at radius 1 is 1.77 bits per heavy atom. The lowest BCUT2D eigenvalue weighted by atomic mass is 10.2. The highest BCUT2D eigenvalue weighted by Gasteiger charge is 2.09. The molecule has 0 aliphatic carbocycles. The number of aromatic nitrogens is 1. The number of halogens is 1. The normalized spacial score (nSPS) is 11.8. The molecule has 0 spiro atoms. The van der Waals surface area contributed by atoms with Gasteiger partial charge in [0.25, 0.3) is 0 Å². The van der Waals surface area contributed by atoms with Crippen molar-refractivity contribution in [1.29, 1.82) is 0 Å². The van der Waals surface area contributed by atoms with E-state index < -0.39 is 11.9 Å². The first-order valence-corrected chi connectivity index (χ1v) is 3.54. The molecule has 1 rings (SSSR count). The highest BCUT2D eigenvalue weighted by molar-refractivity contribution is 5.10. The first-order chi connectivity index (χ1) is 6.27. The average molecular weight is 182 g/mol. The van der Waals surface area contributed by atoms with Crippen LogP contribution in [-0.4, -0.2) is 16.7 Å². The maximum absolute atomic E-state index is 12.6. The monoisotopic (exact) mass is 182 g/mol. The molecule has 0 amide bonds. The van der Waals surface area contributed by atoms with Gasteiger partial charge in [-0.2, -0.15) is 0 Å². The molecule has 0 saturated carbocycles. The number of hydrogen-bond acceptors (Lipinski definition) is 3. The number of aliphatic hydroxyl groups excluding tert-OH is 1. The number of pyridine rings is 1. The molecule has 6 heteroatoms. The van der Waals surface area contributed by atoms with E-state index in [-0.39, 0.29) is 12.3 Å². The second-order valence-electron chi connectivity index (χ2n) is 2.30. The van der Waals surface area contributed by atoms with Gasteiger partial charge in [0.1, 0.15) is 11.9 Å². The van der Waals surface area contributed by atoms with Crippen molar-refractivity contribution in [3.8, 4) is 0 Å². The Bertz CT molecular complexity index is 337. The van der Waals surface area contributed by atoms with Gasteiger partial charge in [-0.1, -0.05) is 5.11 Å². The van der Waals surface area contributed by atoms with Crippen LogP contribution in [0.25, 0.3) is 10.4 Å². The molecule has 0 aromatic carbocycles. The Morgan fingerprint density at radius 3 is 3.08 bits per heavy atom. The number of hydrogen-bond donors (Lipinski definition) is 1. The fourth-order valence-corrected chi connectivity index (χ4v) is 0.855. The third kappa shape index (κ3) is 2.40. The van der Waals surface area contributed by atoms with Gasteiger partial charge in [-0.3, -0.25) is 4.98 Å². The predicted octanol–water partition coefficient (Wildman–Crippen LogP) is 1.56. The molecule has 1 heterocycles. The van der Waals surface area contributed by atoms with Crippen LogP contribution in [-0.2, 0) is 0 Å². The maximum atomic E-state index is 12.6. The summed E-state index contributed by atoms with van der Waals surface area (Å²) >= 11 is 0. The highest BCUT2D eigenvalue weighted by atomic mass is 19.1. The van der Waals surface area contributed by atoms with Crippen LogP contribution in [0, 0.1) is 5.82 Å². The van der Waals surface area contributed by atoms with E-state index in [9.17, 15) is 4.39 Å². The summed E-state index contributed by atoms with van der Waals surface area (Å²) in [4.78, 5) is 6.28. The molecule has 13 heavy (non-hydrogen) atoms. The van der Waals surface area contributed by atoms with Crippen molar-refractivity contribution >= 4 is 0 Å². The van der Waals surface area contributed by atoms with Gasteiger partial charge in [0.05, 0.1) is 12.3 Å². The molecule has 1 atom stereocenters. The van der Waals surface area contributed by atoms with Crippen LogP contribution in [0.3, 0.4) is 0 Å². The lowest BCUT2D eigenvalue weighted by Crippen LogP contribution is -2.02. The van der Waals surface area contributed by atoms with Gasteiger partial charge in [-0.25, -0.2) is 4.39 Å². The molecule has 1 aromatic heterocycles. The summed E-state index contributed by atoms with van der Waals surface area (Å²) in [5.74, 6) is -0.475. The summed E-state index contributed by atoms with van der Waals surface area (Å²) in [6, 6.07) is 1.48. The molecular weight excluding hydrogens is 175 g/mol. The summed E-state index contributed by atoms with van der Waals surface area (Å²) in [6.45, 7) is -0.388. The Balaban J connectivity index is 2.97. The SMILES string of the molecule is [N-]=[N+]=NC(CO)c1cc(F)ccn1. The lowest BCUT2D eigenvalue weighted by molar-refractivity contribution is 0.265. The zero-order valence-corrected chi connectivity index (χ0v) is 6.63. The standard InChI is InChI=1S/C7H7FN4O/c8-5-1-2-10-6(3-5)7(4-13)11-12-9/h1-3,7,13H,4H2. The minimum Gasteiger partial charge on any atom is -0.396 e.